The first kappa shape index (κ1) is 16.4. The van der Waals surface area contributed by atoms with Gasteiger partial charge in [-0.25, -0.2) is 4.39 Å². The molecule has 1 aliphatic heterocycles. The summed E-state index contributed by atoms with van der Waals surface area (Å²) < 4.78 is 13.0. The molecule has 2 atom stereocenters. The average molecular weight is 308 g/mol. The highest BCUT2D eigenvalue weighted by Crippen LogP contribution is 2.20. The Labute approximate surface area is 129 Å². The summed E-state index contributed by atoms with van der Waals surface area (Å²) >= 11 is 0. The Morgan fingerprint density at radius 3 is 2.68 bits per heavy atom. The summed E-state index contributed by atoms with van der Waals surface area (Å²) in [4.78, 5) is 25.2. The summed E-state index contributed by atoms with van der Waals surface area (Å²) in [5.74, 6) is -1.59. The molecule has 1 aromatic carbocycles. The van der Waals surface area contributed by atoms with Crippen LogP contribution in [0.3, 0.4) is 0 Å². The van der Waals surface area contributed by atoms with Crippen LogP contribution >= 0.6 is 0 Å². The van der Waals surface area contributed by atoms with Crippen molar-refractivity contribution < 1.29 is 19.1 Å². The fourth-order valence-corrected chi connectivity index (χ4v) is 2.67. The predicted octanol–water partition coefficient (Wildman–Crippen LogP) is 1.77. The number of carboxylic acids is 1. The molecule has 1 amide bonds. The second kappa shape index (κ2) is 7.35. The summed E-state index contributed by atoms with van der Waals surface area (Å²) in [5.41, 5.74) is 0.937. The Balaban J connectivity index is 2.02. The van der Waals surface area contributed by atoms with E-state index in [1.165, 1.54) is 19.1 Å². The van der Waals surface area contributed by atoms with Crippen molar-refractivity contribution in [1.29, 1.82) is 0 Å². The Bertz CT molecular complexity index is 533. The maximum atomic E-state index is 13.0. The van der Waals surface area contributed by atoms with E-state index < -0.39 is 12.0 Å². The highest BCUT2D eigenvalue weighted by molar-refractivity contribution is 5.86. The molecule has 2 N–H and O–H groups in total. The molecule has 120 valence electrons. The van der Waals surface area contributed by atoms with Crippen molar-refractivity contribution in [3.05, 3.63) is 35.6 Å². The molecule has 0 bridgehead atoms. The number of hydrogen-bond donors (Lipinski definition) is 2. The number of carbonyl (C=O) groups is 2. The second-order valence-electron chi connectivity index (χ2n) is 5.68. The molecule has 1 heterocycles. The third-order valence-corrected chi connectivity index (χ3v) is 3.94. The van der Waals surface area contributed by atoms with E-state index in [0.29, 0.717) is 13.0 Å². The van der Waals surface area contributed by atoms with E-state index in [-0.39, 0.29) is 17.8 Å². The largest absolute Gasteiger partial charge is 0.480 e. The van der Waals surface area contributed by atoms with Crippen molar-refractivity contribution in [3.63, 3.8) is 0 Å². The number of carboxylic acid groups (broad SMARTS) is 1. The molecule has 2 rings (SSSR count). The van der Waals surface area contributed by atoms with Crippen LogP contribution in [0.15, 0.2) is 24.3 Å². The van der Waals surface area contributed by atoms with Gasteiger partial charge in [-0.2, -0.15) is 0 Å². The number of benzene rings is 1. The third-order valence-electron chi connectivity index (χ3n) is 3.94. The van der Waals surface area contributed by atoms with E-state index in [9.17, 15) is 14.0 Å². The van der Waals surface area contributed by atoms with Gasteiger partial charge in [0, 0.05) is 6.54 Å². The molecule has 1 fully saturated rings. The van der Waals surface area contributed by atoms with Crippen LogP contribution in [0.4, 0.5) is 4.39 Å². The van der Waals surface area contributed by atoms with Crippen molar-refractivity contribution >= 4 is 11.9 Å². The van der Waals surface area contributed by atoms with Gasteiger partial charge in [0.1, 0.15) is 11.9 Å². The Hall–Kier alpha value is -1.95. The van der Waals surface area contributed by atoms with Crippen LogP contribution in [-0.2, 0) is 16.1 Å². The van der Waals surface area contributed by atoms with Gasteiger partial charge in [-0.1, -0.05) is 18.6 Å². The number of nitrogens with zero attached hydrogens (tertiary/aromatic N) is 1. The first-order chi connectivity index (χ1) is 10.5. The molecular formula is C16H21FN2O3. The monoisotopic (exact) mass is 308 g/mol. The molecule has 0 spiro atoms. The van der Waals surface area contributed by atoms with Crippen molar-refractivity contribution in [2.24, 2.45) is 0 Å². The van der Waals surface area contributed by atoms with Crippen LogP contribution in [0.2, 0.25) is 0 Å². The third kappa shape index (κ3) is 4.27. The van der Waals surface area contributed by atoms with Crippen molar-refractivity contribution in [2.75, 3.05) is 6.54 Å². The topological polar surface area (TPSA) is 69.6 Å². The lowest BCUT2D eigenvalue weighted by molar-refractivity contribution is -0.142. The van der Waals surface area contributed by atoms with E-state index in [2.05, 4.69) is 5.32 Å². The van der Waals surface area contributed by atoms with Crippen LogP contribution in [0.25, 0.3) is 0 Å². The lowest BCUT2D eigenvalue weighted by Crippen LogP contribution is -2.52. The van der Waals surface area contributed by atoms with Gasteiger partial charge in [0.2, 0.25) is 5.91 Å². The lowest BCUT2D eigenvalue weighted by atomic mass is 10.00. The van der Waals surface area contributed by atoms with Gasteiger partial charge in [0.15, 0.2) is 0 Å². The predicted molar refractivity (Wildman–Crippen MR) is 79.7 cm³/mol. The SMILES string of the molecule is CC(NC(=O)C1CCCCN1Cc1ccc(F)cc1)C(=O)O. The normalized spacial score (nSPS) is 20.4. The van der Waals surface area contributed by atoms with Gasteiger partial charge in [-0.05, 0) is 44.0 Å². The molecule has 1 aromatic rings. The van der Waals surface area contributed by atoms with Crippen LogP contribution in [-0.4, -0.2) is 40.5 Å². The molecule has 5 nitrogen and oxygen atoms in total. The number of rotatable bonds is 5. The van der Waals surface area contributed by atoms with Crippen LogP contribution in [0.5, 0.6) is 0 Å². The first-order valence-electron chi connectivity index (χ1n) is 7.49. The van der Waals surface area contributed by atoms with Crippen LogP contribution < -0.4 is 5.32 Å². The molecule has 6 heteroatoms. The summed E-state index contributed by atoms with van der Waals surface area (Å²) in [6.45, 7) is 2.78. The number of carbonyl (C=O) groups excluding carboxylic acids is 1. The van der Waals surface area contributed by atoms with E-state index in [0.717, 1.165) is 24.9 Å². The van der Waals surface area contributed by atoms with E-state index in [4.69, 9.17) is 5.11 Å². The van der Waals surface area contributed by atoms with E-state index in [1.54, 1.807) is 12.1 Å². The fraction of sp³-hybridized carbons (Fsp3) is 0.500. The van der Waals surface area contributed by atoms with Crippen LogP contribution in [0.1, 0.15) is 31.7 Å². The van der Waals surface area contributed by atoms with Gasteiger partial charge in [-0.3, -0.25) is 14.5 Å². The van der Waals surface area contributed by atoms with Crippen molar-refractivity contribution in [3.8, 4) is 0 Å². The zero-order valence-electron chi connectivity index (χ0n) is 12.6. The van der Waals surface area contributed by atoms with Gasteiger partial charge in [0.25, 0.3) is 0 Å². The summed E-state index contributed by atoms with van der Waals surface area (Å²) in [6, 6.07) is 4.99. The molecule has 0 saturated carbocycles. The van der Waals surface area contributed by atoms with Crippen LogP contribution in [0, 0.1) is 5.82 Å². The minimum Gasteiger partial charge on any atom is -0.480 e. The lowest BCUT2D eigenvalue weighted by Gasteiger charge is -2.35. The van der Waals surface area contributed by atoms with Gasteiger partial charge in [0.05, 0.1) is 6.04 Å². The van der Waals surface area contributed by atoms with Crippen molar-refractivity contribution in [1.82, 2.24) is 10.2 Å². The molecule has 0 aliphatic carbocycles. The molecule has 1 aliphatic rings. The maximum Gasteiger partial charge on any atom is 0.325 e. The number of likely N-dealkylation sites (tertiary alicyclic amines) is 1. The Kier molecular flexibility index (Phi) is 5.49. The summed E-state index contributed by atoms with van der Waals surface area (Å²) in [7, 11) is 0. The highest BCUT2D eigenvalue weighted by Gasteiger charge is 2.30. The van der Waals surface area contributed by atoms with Crippen molar-refractivity contribution in [2.45, 2.75) is 44.8 Å². The number of hydrogen-bond acceptors (Lipinski definition) is 3. The highest BCUT2D eigenvalue weighted by atomic mass is 19.1. The maximum absolute atomic E-state index is 13.0. The smallest absolute Gasteiger partial charge is 0.325 e. The van der Waals surface area contributed by atoms with Gasteiger partial charge >= 0.3 is 5.97 Å². The Morgan fingerprint density at radius 2 is 2.05 bits per heavy atom. The molecule has 22 heavy (non-hydrogen) atoms. The Morgan fingerprint density at radius 1 is 1.36 bits per heavy atom. The number of amides is 1. The summed E-state index contributed by atoms with van der Waals surface area (Å²) in [6.07, 6.45) is 2.65. The number of nitrogens with one attached hydrogen (secondary N) is 1. The van der Waals surface area contributed by atoms with E-state index >= 15 is 0 Å². The minimum atomic E-state index is -1.05. The number of halogens is 1. The quantitative estimate of drug-likeness (QED) is 0.870. The average Bonchev–Trinajstić information content (AvgIpc) is 2.50. The molecule has 1 saturated heterocycles. The summed E-state index contributed by atoms with van der Waals surface area (Å²) in [5, 5.41) is 11.4. The molecular weight excluding hydrogens is 287 g/mol. The van der Waals surface area contributed by atoms with Gasteiger partial charge in [-0.15, -0.1) is 0 Å². The number of aliphatic carboxylic acids is 1. The second-order valence-corrected chi connectivity index (χ2v) is 5.68. The fourth-order valence-electron chi connectivity index (χ4n) is 2.67. The standard InChI is InChI=1S/C16H21FN2O3/c1-11(16(21)22)18-15(20)14-4-2-3-9-19(14)10-12-5-7-13(17)8-6-12/h5-8,11,14H,2-4,9-10H2,1H3,(H,18,20)(H,21,22). The molecule has 0 radical (unpaired) electrons. The van der Waals surface area contributed by atoms with E-state index in [1.807, 2.05) is 4.90 Å². The minimum absolute atomic E-state index is 0.253. The molecule has 0 aromatic heterocycles. The van der Waals surface area contributed by atoms with Gasteiger partial charge < -0.3 is 10.4 Å². The first-order valence-corrected chi connectivity index (χ1v) is 7.49. The number of piperidine rings is 1. The molecule has 2 unspecified atom stereocenters. The zero-order chi connectivity index (χ0) is 16.1. The zero-order valence-corrected chi connectivity index (χ0v) is 12.6.